The molecule has 0 aliphatic rings. The molecule has 2 N–H and O–H groups in total. The summed E-state index contributed by atoms with van der Waals surface area (Å²) in [6, 6.07) is 19.5. The first-order valence-corrected chi connectivity index (χ1v) is 10.0. The quantitative estimate of drug-likeness (QED) is 0.428. The topological polar surface area (TPSA) is 58.4 Å². The molecule has 0 unspecified atom stereocenters. The summed E-state index contributed by atoms with van der Waals surface area (Å²) in [4.78, 5) is 17.0. The standard InChI is InChI=1S/C25H26N4O/c1-17-13-14-29-16-22(28-23(29)15-17)18-5-9-20(10-6-18)26-24(30)27-21-11-7-19(8-12-21)25(2,3)4/h5-16H,1-4H3,(H2,26,27,30). The average molecular weight is 399 g/mol. The number of benzene rings is 2. The molecule has 0 atom stereocenters. The van der Waals surface area contributed by atoms with Gasteiger partial charge in [-0.2, -0.15) is 0 Å². The number of carbonyl (C=O) groups excluding carboxylic acids is 1. The Hall–Kier alpha value is -3.60. The molecule has 4 aromatic rings. The maximum absolute atomic E-state index is 12.3. The molecule has 2 aromatic carbocycles. The maximum atomic E-state index is 12.3. The Bertz CT molecular complexity index is 1180. The molecule has 0 saturated heterocycles. The summed E-state index contributed by atoms with van der Waals surface area (Å²) in [6.07, 6.45) is 4.01. The Morgan fingerprint density at radius 3 is 2.10 bits per heavy atom. The van der Waals surface area contributed by atoms with Gasteiger partial charge in [-0.3, -0.25) is 0 Å². The Kier molecular flexibility index (Phi) is 5.04. The van der Waals surface area contributed by atoms with E-state index < -0.39 is 0 Å². The van der Waals surface area contributed by atoms with Crippen LogP contribution < -0.4 is 10.6 Å². The highest BCUT2D eigenvalue weighted by Gasteiger charge is 2.13. The van der Waals surface area contributed by atoms with Gasteiger partial charge in [-0.1, -0.05) is 45.0 Å². The van der Waals surface area contributed by atoms with Crippen molar-refractivity contribution in [2.75, 3.05) is 10.6 Å². The number of nitrogens with one attached hydrogen (secondary N) is 2. The predicted molar refractivity (Wildman–Crippen MR) is 123 cm³/mol. The number of pyridine rings is 1. The first kappa shape index (κ1) is 19.7. The van der Waals surface area contributed by atoms with E-state index in [-0.39, 0.29) is 11.4 Å². The first-order valence-electron chi connectivity index (χ1n) is 10.0. The van der Waals surface area contributed by atoms with Crippen LogP contribution in [-0.4, -0.2) is 15.4 Å². The normalized spacial score (nSPS) is 11.5. The van der Waals surface area contributed by atoms with E-state index in [4.69, 9.17) is 0 Å². The number of rotatable bonds is 3. The molecule has 2 heterocycles. The number of carbonyl (C=O) groups is 1. The number of imidazole rings is 1. The monoisotopic (exact) mass is 398 g/mol. The van der Waals surface area contributed by atoms with Crippen LogP contribution in [0.25, 0.3) is 16.9 Å². The first-order chi connectivity index (χ1) is 14.3. The van der Waals surface area contributed by atoms with Crippen molar-refractivity contribution in [3.05, 3.63) is 84.2 Å². The molecule has 4 rings (SSSR count). The third-order valence-electron chi connectivity index (χ3n) is 5.06. The molecular weight excluding hydrogens is 372 g/mol. The van der Waals surface area contributed by atoms with Crippen molar-refractivity contribution in [3.8, 4) is 11.3 Å². The van der Waals surface area contributed by atoms with E-state index in [1.165, 1.54) is 11.1 Å². The van der Waals surface area contributed by atoms with Crippen molar-refractivity contribution in [2.24, 2.45) is 0 Å². The molecule has 0 spiro atoms. The van der Waals surface area contributed by atoms with E-state index in [0.717, 1.165) is 28.3 Å². The van der Waals surface area contributed by atoms with Crippen LogP contribution >= 0.6 is 0 Å². The van der Waals surface area contributed by atoms with Gasteiger partial charge in [-0.05, 0) is 59.9 Å². The summed E-state index contributed by atoms with van der Waals surface area (Å²) in [5, 5.41) is 5.74. The van der Waals surface area contributed by atoms with Gasteiger partial charge in [0.2, 0.25) is 0 Å². The van der Waals surface area contributed by atoms with Gasteiger partial charge in [-0.25, -0.2) is 9.78 Å². The van der Waals surface area contributed by atoms with Crippen LogP contribution in [0.2, 0.25) is 0 Å². The Labute approximate surface area is 176 Å². The highest BCUT2D eigenvalue weighted by Crippen LogP contribution is 2.24. The molecule has 0 aliphatic carbocycles. The van der Waals surface area contributed by atoms with Crippen LogP contribution in [0.3, 0.4) is 0 Å². The minimum absolute atomic E-state index is 0.0856. The fourth-order valence-electron chi connectivity index (χ4n) is 3.29. The zero-order valence-corrected chi connectivity index (χ0v) is 17.7. The largest absolute Gasteiger partial charge is 0.323 e. The molecule has 0 radical (unpaired) electrons. The lowest BCUT2D eigenvalue weighted by Crippen LogP contribution is -2.19. The van der Waals surface area contributed by atoms with Crippen LogP contribution in [0.5, 0.6) is 0 Å². The Morgan fingerprint density at radius 2 is 1.50 bits per heavy atom. The van der Waals surface area contributed by atoms with Gasteiger partial charge in [0, 0.05) is 29.3 Å². The third-order valence-corrected chi connectivity index (χ3v) is 5.06. The summed E-state index contributed by atoms with van der Waals surface area (Å²) in [5.74, 6) is 0. The molecule has 0 aliphatic heterocycles. The number of aryl methyl sites for hydroxylation is 1. The number of aromatic nitrogens is 2. The fraction of sp³-hybridized carbons (Fsp3) is 0.200. The second kappa shape index (κ2) is 7.67. The molecule has 5 heteroatoms. The van der Waals surface area contributed by atoms with Crippen molar-refractivity contribution in [3.63, 3.8) is 0 Å². The predicted octanol–water partition coefficient (Wildman–Crippen LogP) is 6.25. The highest BCUT2D eigenvalue weighted by atomic mass is 16.2. The van der Waals surface area contributed by atoms with Gasteiger partial charge in [0.25, 0.3) is 0 Å². The number of fused-ring (bicyclic) bond motifs is 1. The van der Waals surface area contributed by atoms with Crippen molar-refractivity contribution < 1.29 is 4.79 Å². The molecule has 2 aromatic heterocycles. The SMILES string of the molecule is Cc1ccn2cc(-c3ccc(NC(=O)Nc4ccc(C(C)(C)C)cc4)cc3)nc2c1. The second-order valence-electron chi connectivity index (χ2n) is 8.58. The minimum atomic E-state index is -0.269. The van der Waals surface area contributed by atoms with Gasteiger partial charge in [-0.15, -0.1) is 0 Å². The van der Waals surface area contributed by atoms with E-state index in [0.29, 0.717) is 0 Å². The van der Waals surface area contributed by atoms with Gasteiger partial charge in [0.1, 0.15) is 5.65 Å². The summed E-state index contributed by atoms with van der Waals surface area (Å²) in [5.41, 5.74) is 6.80. The molecule has 0 saturated carbocycles. The van der Waals surface area contributed by atoms with Crippen LogP contribution in [0, 0.1) is 6.92 Å². The van der Waals surface area contributed by atoms with Crippen molar-refractivity contribution in [1.29, 1.82) is 0 Å². The van der Waals surface area contributed by atoms with Gasteiger partial charge in [0.15, 0.2) is 0 Å². The molecule has 0 bridgehead atoms. The molecule has 30 heavy (non-hydrogen) atoms. The van der Waals surface area contributed by atoms with Crippen LogP contribution in [-0.2, 0) is 5.41 Å². The molecule has 2 amide bonds. The van der Waals surface area contributed by atoms with E-state index in [9.17, 15) is 4.79 Å². The van der Waals surface area contributed by atoms with E-state index in [1.54, 1.807) is 0 Å². The van der Waals surface area contributed by atoms with E-state index >= 15 is 0 Å². The Morgan fingerprint density at radius 1 is 0.900 bits per heavy atom. The highest BCUT2D eigenvalue weighted by molar-refractivity contribution is 5.99. The number of urea groups is 1. The second-order valence-corrected chi connectivity index (χ2v) is 8.58. The summed E-state index contributed by atoms with van der Waals surface area (Å²) in [7, 11) is 0. The minimum Gasteiger partial charge on any atom is -0.308 e. The van der Waals surface area contributed by atoms with Crippen molar-refractivity contribution >= 4 is 23.1 Å². The number of anilines is 2. The molecule has 152 valence electrons. The average Bonchev–Trinajstić information content (AvgIpc) is 3.11. The lowest BCUT2D eigenvalue weighted by molar-refractivity contribution is 0.262. The van der Waals surface area contributed by atoms with Gasteiger partial charge < -0.3 is 15.0 Å². The summed E-state index contributed by atoms with van der Waals surface area (Å²) in [6.45, 7) is 8.55. The van der Waals surface area contributed by atoms with Crippen LogP contribution in [0.15, 0.2) is 73.1 Å². The number of hydrogen-bond acceptors (Lipinski definition) is 2. The Balaban J connectivity index is 1.42. The smallest absolute Gasteiger partial charge is 0.308 e. The number of hydrogen-bond donors (Lipinski definition) is 2. The van der Waals surface area contributed by atoms with E-state index in [2.05, 4.69) is 55.4 Å². The van der Waals surface area contributed by atoms with Gasteiger partial charge >= 0.3 is 6.03 Å². The zero-order chi connectivity index (χ0) is 21.3. The van der Waals surface area contributed by atoms with E-state index in [1.807, 2.05) is 65.3 Å². The molecule has 5 nitrogen and oxygen atoms in total. The third kappa shape index (κ3) is 4.35. The number of nitrogens with zero attached hydrogens (tertiary/aromatic N) is 2. The fourth-order valence-corrected chi connectivity index (χ4v) is 3.29. The molecular formula is C25H26N4O. The van der Waals surface area contributed by atoms with Crippen molar-refractivity contribution in [2.45, 2.75) is 33.1 Å². The lowest BCUT2D eigenvalue weighted by atomic mass is 9.87. The van der Waals surface area contributed by atoms with Crippen LogP contribution in [0.4, 0.5) is 16.2 Å². The maximum Gasteiger partial charge on any atom is 0.323 e. The summed E-state index contributed by atoms with van der Waals surface area (Å²) < 4.78 is 2.01. The number of amides is 2. The lowest BCUT2D eigenvalue weighted by Gasteiger charge is -2.19. The zero-order valence-electron chi connectivity index (χ0n) is 17.7. The van der Waals surface area contributed by atoms with Crippen molar-refractivity contribution in [1.82, 2.24) is 9.38 Å². The summed E-state index contributed by atoms with van der Waals surface area (Å²) >= 11 is 0. The molecule has 0 fully saturated rings. The van der Waals surface area contributed by atoms with Crippen LogP contribution in [0.1, 0.15) is 31.9 Å². The van der Waals surface area contributed by atoms with Gasteiger partial charge in [0.05, 0.1) is 5.69 Å².